The van der Waals surface area contributed by atoms with E-state index in [0.717, 1.165) is 11.6 Å². The molecule has 0 radical (unpaired) electrons. The Morgan fingerprint density at radius 2 is 1.84 bits per heavy atom. The Bertz CT molecular complexity index is 705. The second-order valence-electron chi connectivity index (χ2n) is 3.97. The number of hydrogen-bond donors (Lipinski definition) is 1. The third-order valence-corrected chi connectivity index (χ3v) is 3.56. The fourth-order valence-electron chi connectivity index (χ4n) is 1.81. The van der Waals surface area contributed by atoms with Crippen molar-refractivity contribution in [2.24, 2.45) is 5.14 Å². The molecular formula is C12H11N2O4S-. The molecule has 1 aromatic heterocycles. The Hall–Kier alpha value is -2.12. The van der Waals surface area contributed by atoms with Gasteiger partial charge in [-0.05, 0) is 11.6 Å². The van der Waals surface area contributed by atoms with Crippen molar-refractivity contribution in [3.05, 3.63) is 53.9 Å². The molecule has 19 heavy (non-hydrogen) atoms. The van der Waals surface area contributed by atoms with Crippen LogP contribution in [0.1, 0.15) is 16.1 Å². The van der Waals surface area contributed by atoms with Crippen molar-refractivity contribution in [3.63, 3.8) is 0 Å². The number of rotatable bonds is 4. The van der Waals surface area contributed by atoms with Gasteiger partial charge in [0, 0.05) is 12.7 Å². The topological polar surface area (TPSA) is 105 Å². The van der Waals surface area contributed by atoms with Crippen LogP contribution < -0.4 is 10.2 Å². The maximum Gasteiger partial charge on any atom is 0.240 e. The number of primary sulfonamides is 1. The van der Waals surface area contributed by atoms with Crippen molar-refractivity contribution < 1.29 is 18.3 Å². The fraction of sp³-hybridized carbons (Fsp3) is 0.0833. The highest BCUT2D eigenvalue weighted by molar-refractivity contribution is 7.89. The average Bonchev–Trinajstić information content (AvgIpc) is 2.74. The summed E-state index contributed by atoms with van der Waals surface area (Å²) in [6.45, 7) is 0.222. The number of aromatic nitrogens is 1. The Morgan fingerprint density at radius 1 is 1.21 bits per heavy atom. The minimum Gasteiger partial charge on any atom is -0.543 e. The standard InChI is InChI=1S/C12H12N2O4S/c13-19(17,18)10-6-7-14(11(10)12(15)16)8-9-4-2-1-3-5-9/h1-7H,8H2,(H,15,16)(H2,13,17,18)/p-1. The van der Waals surface area contributed by atoms with E-state index in [1.165, 1.54) is 10.8 Å². The molecule has 0 spiro atoms. The maximum atomic E-state index is 11.3. The Kier molecular flexibility index (Phi) is 3.41. The summed E-state index contributed by atoms with van der Waals surface area (Å²) in [6.07, 6.45) is 1.36. The van der Waals surface area contributed by atoms with E-state index in [1.807, 2.05) is 6.07 Å². The normalized spacial score (nSPS) is 11.4. The van der Waals surface area contributed by atoms with Gasteiger partial charge in [0.2, 0.25) is 10.0 Å². The lowest BCUT2D eigenvalue weighted by Crippen LogP contribution is -2.29. The van der Waals surface area contributed by atoms with Crippen LogP contribution >= 0.6 is 0 Å². The molecule has 2 rings (SSSR count). The Labute approximate surface area is 110 Å². The second-order valence-corrected chi connectivity index (χ2v) is 5.50. The van der Waals surface area contributed by atoms with Gasteiger partial charge in [-0.25, -0.2) is 13.6 Å². The first kappa shape index (κ1) is 13.3. The summed E-state index contributed by atoms with van der Waals surface area (Å²) in [5.74, 6) is -1.58. The first-order chi connectivity index (χ1) is 8.89. The molecule has 100 valence electrons. The number of carboxylic acid groups (broad SMARTS) is 1. The third kappa shape index (κ3) is 2.83. The van der Waals surface area contributed by atoms with Gasteiger partial charge in [0.25, 0.3) is 0 Å². The molecule has 0 saturated heterocycles. The molecule has 0 fully saturated rings. The van der Waals surface area contributed by atoms with Crippen LogP contribution in [0.25, 0.3) is 0 Å². The number of carbonyl (C=O) groups excluding carboxylic acids is 1. The van der Waals surface area contributed by atoms with E-state index in [9.17, 15) is 18.3 Å². The molecule has 0 bridgehead atoms. The number of benzene rings is 1. The van der Waals surface area contributed by atoms with Crippen LogP contribution in [-0.4, -0.2) is 19.0 Å². The number of carbonyl (C=O) groups is 1. The van der Waals surface area contributed by atoms with Gasteiger partial charge in [0.05, 0.1) is 11.7 Å². The van der Waals surface area contributed by atoms with Crippen LogP contribution in [0.4, 0.5) is 0 Å². The van der Waals surface area contributed by atoms with Crippen LogP contribution in [0.15, 0.2) is 47.5 Å². The molecule has 7 heteroatoms. The lowest BCUT2D eigenvalue weighted by atomic mass is 10.2. The molecule has 6 nitrogen and oxygen atoms in total. The van der Waals surface area contributed by atoms with Crippen molar-refractivity contribution in [1.29, 1.82) is 0 Å². The van der Waals surface area contributed by atoms with Crippen LogP contribution in [0.3, 0.4) is 0 Å². The second kappa shape index (κ2) is 4.87. The fourth-order valence-corrected chi connectivity index (χ4v) is 2.53. The van der Waals surface area contributed by atoms with Gasteiger partial charge in [0.15, 0.2) is 0 Å². The minimum atomic E-state index is -4.09. The quantitative estimate of drug-likeness (QED) is 0.818. The zero-order valence-corrected chi connectivity index (χ0v) is 10.6. The summed E-state index contributed by atoms with van der Waals surface area (Å²) < 4.78 is 23.9. The van der Waals surface area contributed by atoms with E-state index in [0.29, 0.717) is 0 Å². The zero-order chi connectivity index (χ0) is 14.0. The number of carboxylic acids is 1. The summed E-state index contributed by atoms with van der Waals surface area (Å²) in [4.78, 5) is 10.6. The number of nitrogens with zero attached hydrogens (tertiary/aromatic N) is 1. The van der Waals surface area contributed by atoms with E-state index in [4.69, 9.17) is 5.14 Å². The summed E-state index contributed by atoms with van der Waals surface area (Å²) in [7, 11) is -4.09. The molecule has 2 N–H and O–H groups in total. The van der Waals surface area contributed by atoms with E-state index in [-0.39, 0.29) is 6.54 Å². The number of sulfonamides is 1. The largest absolute Gasteiger partial charge is 0.543 e. The summed E-state index contributed by atoms with van der Waals surface area (Å²) in [6, 6.07) is 10.2. The Balaban J connectivity index is 2.48. The van der Waals surface area contributed by atoms with Crippen molar-refractivity contribution in [2.75, 3.05) is 0 Å². The summed E-state index contributed by atoms with van der Waals surface area (Å²) >= 11 is 0. The lowest BCUT2D eigenvalue weighted by Gasteiger charge is -2.11. The van der Waals surface area contributed by atoms with Crippen molar-refractivity contribution in [3.8, 4) is 0 Å². The minimum absolute atomic E-state index is 0.222. The first-order valence-electron chi connectivity index (χ1n) is 5.37. The van der Waals surface area contributed by atoms with Crippen molar-refractivity contribution in [2.45, 2.75) is 11.4 Å². The molecule has 2 aromatic rings. The van der Waals surface area contributed by atoms with Gasteiger partial charge in [-0.15, -0.1) is 0 Å². The number of nitrogens with two attached hydrogens (primary N) is 1. The van der Waals surface area contributed by atoms with Gasteiger partial charge >= 0.3 is 0 Å². The molecule has 0 aliphatic rings. The van der Waals surface area contributed by atoms with E-state index >= 15 is 0 Å². The van der Waals surface area contributed by atoms with Crippen molar-refractivity contribution >= 4 is 16.0 Å². The molecule has 0 atom stereocenters. The molecule has 0 aliphatic heterocycles. The SMILES string of the molecule is NS(=O)(=O)c1ccn(Cc2ccccc2)c1C(=O)[O-]. The molecular weight excluding hydrogens is 268 g/mol. The maximum absolute atomic E-state index is 11.3. The average molecular weight is 279 g/mol. The predicted molar refractivity (Wildman–Crippen MR) is 65.7 cm³/mol. The smallest absolute Gasteiger partial charge is 0.240 e. The first-order valence-corrected chi connectivity index (χ1v) is 6.91. The molecule has 0 aliphatic carbocycles. The molecule has 1 heterocycles. The van der Waals surface area contributed by atoms with Gasteiger partial charge in [-0.1, -0.05) is 30.3 Å². The van der Waals surface area contributed by atoms with Gasteiger partial charge in [-0.2, -0.15) is 0 Å². The van der Waals surface area contributed by atoms with Crippen LogP contribution in [0.5, 0.6) is 0 Å². The lowest BCUT2D eigenvalue weighted by molar-refractivity contribution is -0.256. The Morgan fingerprint density at radius 3 is 2.37 bits per heavy atom. The van der Waals surface area contributed by atoms with Crippen LogP contribution in [0.2, 0.25) is 0 Å². The molecule has 1 aromatic carbocycles. The van der Waals surface area contributed by atoms with Crippen LogP contribution in [-0.2, 0) is 16.6 Å². The molecule has 0 saturated carbocycles. The third-order valence-electron chi connectivity index (χ3n) is 2.62. The summed E-state index contributed by atoms with van der Waals surface area (Å²) in [5, 5.41) is 16.1. The van der Waals surface area contributed by atoms with Gasteiger partial charge in [0.1, 0.15) is 4.90 Å². The van der Waals surface area contributed by atoms with Crippen molar-refractivity contribution in [1.82, 2.24) is 4.57 Å². The summed E-state index contributed by atoms with van der Waals surface area (Å²) in [5.41, 5.74) is 0.396. The number of hydrogen-bond acceptors (Lipinski definition) is 4. The zero-order valence-electron chi connectivity index (χ0n) is 9.81. The highest BCUT2D eigenvalue weighted by Gasteiger charge is 2.19. The number of aromatic carboxylic acids is 1. The van der Waals surface area contributed by atoms with E-state index in [2.05, 4.69) is 0 Å². The van der Waals surface area contributed by atoms with E-state index < -0.39 is 26.6 Å². The highest BCUT2D eigenvalue weighted by atomic mass is 32.2. The molecule has 0 amide bonds. The predicted octanol–water partition coefficient (Wildman–Crippen LogP) is -0.453. The monoisotopic (exact) mass is 279 g/mol. The highest BCUT2D eigenvalue weighted by Crippen LogP contribution is 2.17. The van der Waals surface area contributed by atoms with Gasteiger partial charge < -0.3 is 14.5 Å². The van der Waals surface area contributed by atoms with Crippen LogP contribution in [0, 0.1) is 0 Å². The molecule has 0 unspecified atom stereocenters. The van der Waals surface area contributed by atoms with Gasteiger partial charge in [-0.3, -0.25) is 0 Å². The van der Waals surface area contributed by atoms with E-state index in [1.54, 1.807) is 24.3 Å².